The van der Waals surface area contributed by atoms with E-state index in [-0.39, 0.29) is 23.2 Å². The number of fused-ring (bicyclic) bond motifs is 5. The van der Waals surface area contributed by atoms with Gasteiger partial charge in [-0.1, -0.05) is 11.6 Å². The molecular formula is C18H15ClN4O5. The molecule has 0 radical (unpaired) electrons. The van der Waals surface area contributed by atoms with Crippen LogP contribution in [0.2, 0.25) is 5.02 Å². The normalized spacial score (nSPS) is 25.2. The Morgan fingerprint density at radius 1 is 1.32 bits per heavy atom. The first-order valence-electron chi connectivity index (χ1n) is 8.56. The smallest absolute Gasteiger partial charge is 0.396 e. The largest absolute Gasteiger partial charge is 0.462 e. The van der Waals surface area contributed by atoms with Gasteiger partial charge in [-0.3, -0.25) is 9.59 Å². The van der Waals surface area contributed by atoms with Gasteiger partial charge in [-0.05, 0) is 31.0 Å². The van der Waals surface area contributed by atoms with E-state index >= 15 is 0 Å². The minimum absolute atomic E-state index is 0.176. The fourth-order valence-corrected chi connectivity index (χ4v) is 4.52. The summed E-state index contributed by atoms with van der Waals surface area (Å²) in [6.45, 7) is 1.80. The van der Waals surface area contributed by atoms with Crippen LogP contribution in [0.4, 0.5) is 10.5 Å². The van der Waals surface area contributed by atoms with E-state index in [0.29, 0.717) is 17.7 Å². The van der Waals surface area contributed by atoms with Gasteiger partial charge in [-0.2, -0.15) is 5.26 Å². The topological polar surface area (TPSA) is 111 Å². The summed E-state index contributed by atoms with van der Waals surface area (Å²) in [5, 5.41) is 9.27. The highest BCUT2D eigenvalue weighted by molar-refractivity contribution is 6.34. The maximum absolute atomic E-state index is 13.1. The fraction of sp³-hybridized carbons (Fsp3) is 0.389. The van der Waals surface area contributed by atoms with Crippen molar-refractivity contribution in [1.29, 1.82) is 5.26 Å². The predicted molar refractivity (Wildman–Crippen MR) is 95.3 cm³/mol. The number of benzene rings is 1. The second-order valence-corrected chi connectivity index (χ2v) is 7.28. The average molecular weight is 403 g/mol. The number of carbonyl (C=O) groups is 4. The van der Waals surface area contributed by atoms with E-state index in [1.807, 2.05) is 6.07 Å². The molecule has 3 heterocycles. The second-order valence-electron chi connectivity index (χ2n) is 6.90. The van der Waals surface area contributed by atoms with Gasteiger partial charge in [0, 0.05) is 6.54 Å². The number of halogens is 1. The molecule has 0 aliphatic carbocycles. The molecular weight excluding hydrogens is 388 g/mol. The highest BCUT2D eigenvalue weighted by Gasteiger charge is 2.63. The van der Waals surface area contributed by atoms with Gasteiger partial charge in [0.05, 0.1) is 35.5 Å². The number of piperazine rings is 1. The first-order chi connectivity index (χ1) is 13.3. The number of amides is 4. The number of likely N-dealkylation sites (tertiary alicyclic amines) is 1. The molecule has 9 nitrogen and oxygen atoms in total. The molecule has 28 heavy (non-hydrogen) atoms. The van der Waals surface area contributed by atoms with Crippen LogP contribution >= 0.6 is 11.6 Å². The predicted octanol–water partition coefficient (Wildman–Crippen LogP) is 0.813. The summed E-state index contributed by atoms with van der Waals surface area (Å²) >= 11 is 6.19. The second kappa shape index (κ2) is 6.21. The zero-order valence-corrected chi connectivity index (χ0v) is 15.8. The molecule has 4 rings (SSSR count). The molecule has 0 N–H and O–H groups in total. The van der Waals surface area contributed by atoms with Crippen LogP contribution < -0.4 is 4.90 Å². The number of urea groups is 1. The number of ether oxygens (including phenoxy) is 1. The molecule has 2 unspecified atom stereocenters. The van der Waals surface area contributed by atoms with Gasteiger partial charge < -0.3 is 14.5 Å². The van der Waals surface area contributed by atoms with Crippen LogP contribution in [0, 0.1) is 18.3 Å². The Kier molecular flexibility index (Phi) is 4.05. The van der Waals surface area contributed by atoms with Crippen LogP contribution in [0.5, 0.6) is 0 Å². The Hall–Kier alpha value is -3.12. The van der Waals surface area contributed by atoms with E-state index in [9.17, 15) is 19.2 Å². The van der Waals surface area contributed by atoms with E-state index in [1.165, 1.54) is 21.9 Å². The van der Waals surface area contributed by atoms with Crippen LogP contribution in [0.25, 0.3) is 0 Å². The van der Waals surface area contributed by atoms with Crippen molar-refractivity contribution in [2.75, 3.05) is 18.6 Å². The molecule has 4 amide bonds. The van der Waals surface area contributed by atoms with Crippen molar-refractivity contribution in [3.8, 4) is 6.07 Å². The molecule has 0 spiro atoms. The number of nitrogens with zero attached hydrogens (tertiary/aromatic N) is 4. The van der Waals surface area contributed by atoms with Gasteiger partial charge in [0.15, 0.2) is 0 Å². The molecule has 1 aromatic rings. The maximum atomic E-state index is 13.1. The van der Waals surface area contributed by atoms with Gasteiger partial charge in [0.2, 0.25) is 0 Å². The first-order valence-corrected chi connectivity index (χ1v) is 8.94. The van der Waals surface area contributed by atoms with Crippen LogP contribution in [0.3, 0.4) is 0 Å². The van der Waals surface area contributed by atoms with Crippen molar-refractivity contribution in [3.05, 3.63) is 28.3 Å². The Morgan fingerprint density at radius 3 is 2.68 bits per heavy atom. The minimum Gasteiger partial charge on any atom is -0.462 e. The Bertz CT molecular complexity index is 987. The molecule has 3 aliphatic heterocycles. The molecule has 2 bridgehead atoms. The monoisotopic (exact) mass is 402 g/mol. The lowest BCUT2D eigenvalue weighted by molar-refractivity contribution is -0.160. The summed E-state index contributed by atoms with van der Waals surface area (Å²) in [4.78, 5) is 53.8. The van der Waals surface area contributed by atoms with Crippen molar-refractivity contribution in [2.24, 2.45) is 0 Å². The number of rotatable bonds is 1. The number of carbonyl (C=O) groups excluding carboxylic acids is 4. The lowest BCUT2D eigenvalue weighted by atomic mass is 10.1. The molecule has 3 fully saturated rings. The molecule has 3 saturated heterocycles. The zero-order valence-electron chi connectivity index (χ0n) is 15.0. The third-order valence-electron chi connectivity index (χ3n) is 5.60. The van der Waals surface area contributed by atoms with Crippen molar-refractivity contribution in [1.82, 2.24) is 9.80 Å². The quantitative estimate of drug-likeness (QED) is 0.390. The number of hydrogen-bond acceptors (Lipinski definition) is 6. The fourth-order valence-electron chi connectivity index (χ4n) is 4.32. The maximum Gasteiger partial charge on any atom is 0.396 e. The van der Waals surface area contributed by atoms with E-state index in [2.05, 4.69) is 4.74 Å². The van der Waals surface area contributed by atoms with E-state index in [4.69, 9.17) is 16.9 Å². The standard InChI is InChI=1S/C18H15ClN4O5/c1-8-11(4-3-9(6-20)13(8)19)23-15(24)14-12-5-10(22(14)18(23)27)7-21(12)16(25)17(26)28-2/h3-4,10,12,14H,5,7H2,1-2H3/t10-,12?,14?/m1/s1. The summed E-state index contributed by atoms with van der Waals surface area (Å²) in [5.74, 6) is -2.29. The number of anilines is 1. The van der Waals surface area contributed by atoms with Crippen LogP contribution in [-0.2, 0) is 19.1 Å². The third-order valence-corrected chi connectivity index (χ3v) is 6.09. The lowest BCUT2D eigenvalue weighted by Crippen LogP contribution is -2.56. The summed E-state index contributed by atoms with van der Waals surface area (Å²) in [7, 11) is 1.12. The summed E-state index contributed by atoms with van der Waals surface area (Å²) in [6, 6.07) is 2.65. The highest BCUT2D eigenvalue weighted by Crippen LogP contribution is 2.43. The highest BCUT2D eigenvalue weighted by atomic mass is 35.5. The third kappa shape index (κ3) is 2.24. The minimum atomic E-state index is -0.998. The molecule has 3 aliphatic rings. The molecule has 3 atom stereocenters. The van der Waals surface area contributed by atoms with Gasteiger partial charge in [0.1, 0.15) is 12.1 Å². The molecule has 144 valence electrons. The number of imide groups is 1. The van der Waals surface area contributed by atoms with Crippen molar-refractivity contribution in [3.63, 3.8) is 0 Å². The Labute approximate surface area is 165 Å². The van der Waals surface area contributed by atoms with Crippen LogP contribution in [0.15, 0.2) is 12.1 Å². The van der Waals surface area contributed by atoms with Crippen molar-refractivity contribution in [2.45, 2.75) is 31.5 Å². The summed E-state index contributed by atoms with van der Waals surface area (Å²) in [5.41, 5.74) is 0.995. The van der Waals surface area contributed by atoms with Crippen LogP contribution in [0.1, 0.15) is 17.5 Å². The summed E-state index contributed by atoms with van der Waals surface area (Å²) in [6.07, 6.45) is 0.436. The van der Waals surface area contributed by atoms with Gasteiger partial charge >= 0.3 is 17.9 Å². The van der Waals surface area contributed by atoms with Crippen LogP contribution in [-0.4, -0.2) is 65.4 Å². The van der Waals surface area contributed by atoms with E-state index < -0.39 is 35.9 Å². The molecule has 1 aromatic carbocycles. The Morgan fingerprint density at radius 2 is 2.04 bits per heavy atom. The number of nitriles is 1. The first kappa shape index (κ1) is 18.3. The van der Waals surface area contributed by atoms with Gasteiger partial charge in [0.25, 0.3) is 5.91 Å². The SMILES string of the molecule is COC(=O)C(=O)N1C[C@H]2CC1C1C(=O)N(c3ccc(C#N)c(Cl)c3C)C(=O)N12. The molecule has 0 saturated carbocycles. The summed E-state index contributed by atoms with van der Waals surface area (Å²) < 4.78 is 4.49. The molecule has 0 aromatic heterocycles. The average Bonchev–Trinajstić information content (AvgIpc) is 3.35. The number of esters is 1. The molecule has 10 heteroatoms. The van der Waals surface area contributed by atoms with Crippen molar-refractivity contribution >= 4 is 41.1 Å². The van der Waals surface area contributed by atoms with Gasteiger partial charge in [-0.15, -0.1) is 0 Å². The van der Waals surface area contributed by atoms with Crippen molar-refractivity contribution < 1.29 is 23.9 Å². The number of methoxy groups -OCH3 is 1. The number of hydrogen-bond donors (Lipinski definition) is 0. The van der Waals surface area contributed by atoms with E-state index in [1.54, 1.807) is 6.92 Å². The Balaban J connectivity index is 1.69. The lowest BCUT2D eigenvalue weighted by Gasteiger charge is -2.34. The zero-order chi connectivity index (χ0) is 20.3. The van der Waals surface area contributed by atoms with Gasteiger partial charge in [-0.25, -0.2) is 14.5 Å². The van der Waals surface area contributed by atoms with E-state index in [0.717, 1.165) is 12.0 Å².